The van der Waals surface area contributed by atoms with E-state index in [1.54, 1.807) is 5.57 Å². The van der Waals surface area contributed by atoms with Gasteiger partial charge in [0.05, 0.1) is 28.5 Å². The maximum atomic E-state index is 5.34. The van der Waals surface area contributed by atoms with Crippen molar-refractivity contribution in [3.63, 3.8) is 0 Å². The van der Waals surface area contributed by atoms with E-state index < -0.39 is 0 Å². The van der Waals surface area contributed by atoms with Crippen molar-refractivity contribution < 1.29 is 0 Å². The molecule has 0 bridgehead atoms. The summed E-state index contributed by atoms with van der Waals surface area (Å²) < 4.78 is 2.31. The van der Waals surface area contributed by atoms with Crippen molar-refractivity contribution in [3.8, 4) is 28.5 Å². The Morgan fingerprint density at radius 2 is 1.20 bits per heavy atom. The third-order valence-corrected chi connectivity index (χ3v) is 11.8. The number of rotatable bonds is 5. The van der Waals surface area contributed by atoms with Crippen LogP contribution in [0.3, 0.4) is 0 Å². The van der Waals surface area contributed by atoms with Crippen molar-refractivity contribution in [1.82, 2.24) is 14.5 Å². The fourth-order valence-corrected chi connectivity index (χ4v) is 9.49. The fraction of sp³-hybridized carbons (Fsp3) is 0.120. The Morgan fingerprint density at radius 1 is 0.574 bits per heavy atom. The molecule has 4 nitrogen and oxygen atoms in total. The molecule has 3 unspecified atom stereocenters. The van der Waals surface area contributed by atoms with Crippen LogP contribution in [0.4, 0.5) is 5.69 Å². The molecular weight excluding hydrogens is 657 g/mol. The van der Waals surface area contributed by atoms with Gasteiger partial charge in [0.1, 0.15) is 0 Å². The van der Waals surface area contributed by atoms with Gasteiger partial charge in [-0.2, -0.15) is 0 Å². The van der Waals surface area contributed by atoms with E-state index in [2.05, 4.69) is 185 Å². The molecule has 0 fully saturated rings. The van der Waals surface area contributed by atoms with Crippen LogP contribution in [0.15, 0.2) is 187 Å². The molecule has 0 radical (unpaired) electrons. The minimum absolute atomic E-state index is 0.263. The lowest BCUT2D eigenvalue weighted by Gasteiger charge is -2.34. The second kappa shape index (κ2) is 12.6. The van der Waals surface area contributed by atoms with Gasteiger partial charge in [0.2, 0.25) is 5.95 Å². The topological polar surface area (TPSA) is 34.0 Å². The van der Waals surface area contributed by atoms with Crippen molar-refractivity contribution in [3.05, 3.63) is 193 Å². The zero-order valence-corrected chi connectivity index (χ0v) is 29.9. The first kappa shape index (κ1) is 31.0. The fourth-order valence-electron chi connectivity index (χ4n) is 9.49. The Morgan fingerprint density at radius 3 is 1.93 bits per heavy atom. The molecule has 4 heteroatoms. The van der Waals surface area contributed by atoms with Gasteiger partial charge >= 0.3 is 0 Å². The maximum Gasteiger partial charge on any atom is 0.235 e. The van der Waals surface area contributed by atoms with Crippen LogP contribution in [-0.2, 0) is 0 Å². The van der Waals surface area contributed by atoms with Crippen LogP contribution in [0.5, 0.6) is 0 Å². The van der Waals surface area contributed by atoms with Gasteiger partial charge in [0, 0.05) is 45.1 Å². The molecule has 0 spiro atoms. The van der Waals surface area contributed by atoms with E-state index in [9.17, 15) is 0 Å². The molecule has 54 heavy (non-hydrogen) atoms. The predicted octanol–water partition coefficient (Wildman–Crippen LogP) is 12.2. The minimum atomic E-state index is 0.263. The van der Waals surface area contributed by atoms with Crippen LogP contribution in [0.2, 0.25) is 0 Å². The molecule has 3 heterocycles. The van der Waals surface area contributed by atoms with Crippen LogP contribution in [0.1, 0.15) is 30.7 Å². The van der Waals surface area contributed by atoms with E-state index >= 15 is 0 Å². The van der Waals surface area contributed by atoms with E-state index in [4.69, 9.17) is 9.97 Å². The second-order valence-electron chi connectivity index (χ2n) is 14.8. The predicted molar refractivity (Wildman–Crippen MR) is 223 cm³/mol. The number of hydrogen-bond acceptors (Lipinski definition) is 3. The molecule has 8 aromatic rings. The largest absolute Gasteiger partial charge is 0.334 e. The van der Waals surface area contributed by atoms with Crippen LogP contribution in [0, 0.1) is 5.92 Å². The Balaban J connectivity index is 1.13. The molecule has 1 aliphatic heterocycles. The summed E-state index contributed by atoms with van der Waals surface area (Å²) in [5.41, 5.74) is 11.8. The van der Waals surface area contributed by atoms with Crippen LogP contribution in [0.25, 0.3) is 61.0 Å². The highest BCUT2D eigenvalue weighted by Crippen LogP contribution is 2.50. The lowest BCUT2D eigenvalue weighted by atomic mass is 9.75. The van der Waals surface area contributed by atoms with Gasteiger partial charge in [-0.25, -0.2) is 9.97 Å². The van der Waals surface area contributed by atoms with E-state index in [-0.39, 0.29) is 5.92 Å². The summed E-state index contributed by atoms with van der Waals surface area (Å²) in [7, 11) is 0. The van der Waals surface area contributed by atoms with Gasteiger partial charge in [-0.05, 0) is 77.6 Å². The number of hydrogen-bond donors (Lipinski definition) is 0. The van der Waals surface area contributed by atoms with Crippen LogP contribution < -0.4 is 4.90 Å². The molecule has 2 aliphatic carbocycles. The van der Waals surface area contributed by atoms with Crippen LogP contribution >= 0.6 is 0 Å². The smallest absolute Gasteiger partial charge is 0.235 e. The number of allylic oxidation sites excluding steroid dienone is 3. The first-order chi connectivity index (χ1) is 26.8. The zero-order valence-electron chi connectivity index (χ0n) is 29.9. The number of nitrogens with zero attached hydrogens (tertiary/aromatic N) is 4. The Hall–Kier alpha value is -6.52. The van der Waals surface area contributed by atoms with Crippen molar-refractivity contribution in [2.75, 3.05) is 4.90 Å². The second-order valence-corrected chi connectivity index (χ2v) is 14.8. The van der Waals surface area contributed by atoms with Gasteiger partial charge in [-0.1, -0.05) is 140 Å². The van der Waals surface area contributed by atoms with Gasteiger partial charge in [-0.15, -0.1) is 0 Å². The SMILES string of the molecule is C1=CC2=C(CC1)C1CC(c3cc4c(c5ccccc35)c3ccccc3n4-c3nc(-c4ccccc4)cc(-c4ccccc4)n3)C=CC1N2c1ccccc1. The Labute approximate surface area is 315 Å². The number of fused-ring (bicyclic) bond motifs is 7. The van der Waals surface area contributed by atoms with E-state index in [0.29, 0.717) is 17.9 Å². The highest BCUT2D eigenvalue weighted by atomic mass is 15.2. The van der Waals surface area contributed by atoms with E-state index in [1.165, 1.54) is 38.5 Å². The molecule has 0 amide bonds. The molecule has 0 saturated carbocycles. The van der Waals surface area contributed by atoms with Crippen molar-refractivity contribution in [2.24, 2.45) is 5.92 Å². The first-order valence-corrected chi connectivity index (χ1v) is 19.2. The quantitative estimate of drug-likeness (QED) is 0.168. The lowest BCUT2D eigenvalue weighted by molar-refractivity contribution is 0.471. The molecule has 0 N–H and O–H groups in total. The number of anilines is 1. The third-order valence-electron chi connectivity index (χ3n) is 11.8. The van der Waals surface area contributed by atoms with Crippen molar-refractivity contribution in [2.45, 2.75) is 31.2 Å². The number of benzene rings is 6. The maximum absolute atomic E-state index is 5.34. The average molecular weight is 695 g/mol. The molecular formula is C50H38N4. The zero-order chi connectivity index (χ0) is 35.6. The third kappa shape index (κ3) is 4.90. The number of aromatic nitrogens is 3. The van der Waals surface area contributed by atoms with E-state index in [0.717, 1.165) is 52.8 Å². The van der Waals surface area contributed by atoms with Crippen molar-refractivity contribution >= 4 is 38.3 Å². The van der Waals surface area contributed by atoms with Gasteiger partial charge < -0.3 is 4.90 Å². The number of para-hydroxylation sites is 2. The molecule has 11 rings (SSSR count). The lowest BCUT2D eigenvalue weighted by Crippen LogP contribution is -2.35. The molecule has 3 atom stereocenters. The van der Waals surface area contributed by atoms with Gasteiger partial charge in [0.15, 0.2) is 0 Å². The summed E-state index contributed by atoms with van der Waals surface area (Å²) in [6.45, 7) is 0. The first-order valence-electron chi connectivity index (χ1n) is 19.2. The molecule has 6 aromatic carbocycles. The molecule has 3 aliphatic rings. The molecule has 2 aromatic heterocycles. The van der Waals surface area contributed by atoms with Gasteiger partial charge in [0.25, 0.3) is 0 Å². The summed E-state index contributed by atoms with van der Waals surface area (Å²) in [6, 6.07) is 54.6. The monoisotopic (exact) mass is 694 g/mol. The normalized spacial score (nSPS) is 19.2. The van der Waals surface area contributed by atoms with Crippen LogP contribution in [-0.4, -0.2) is 20.6 Å². The molecule has 258 valence electrons. The highest BCUT2D eigenvalue weighted by molar-refractivity contribution is 6.22. The summed E-state index contributed by atoms with van der Waals surface area (Å²) in [5.74, 6) is 1.40. The summed E-state index contributed by atoms with van der Waals surface area (Å²) in [4.78, 5) is 13.3. The van der Waals surface area contributed by atoms with E-state index in [1.807, 2.05) is 0 Å². The standard InChI is InChI=1S/C50H38N4/c1-4-16-33(17-5-1)43-32-44(34-18-6-2-7-19-34)52-50(51-43)54-46-27-15-13-25-40(46)49-39-24-11-10-22-37(39)41(31-48(49)54)35-28-29-47-42(30-35)38-23-12-14-26-45(38)53(47)36-20-8-3-9-21-36/h1-11,13-22,24-29,31-32,35,42,47H,12,23,30H2. The van der Waals surface area contributed by atoms with Crippen molar-refractivity contribution in [1.29, 1.82) is 0 Å². The van der Waals surface area contributed by atoms with Gasteiger partial charge in [-0.3, -0.25) is 4.57 Å². The Bertz CT molecular complexity index is 2750. The summed E-state index contributed by atoms with van der Waals surface area (Å²) in [6.07, 6.45) is 13.0. The minimum Gasteiger partial charge on any atom is -0.334 e. The summed E-state index contributed by atoms with van der Waals surface area (Å²) in [5, 5.41) is 5.05. The molecule has 0 saturated heterocycles. The Kier molecular flexibility index (Phi) is 7.22. The summed E-state index contributed by atoms with van der Waals surface area (Å²) >= 11 is 0. The highest BCUT2D eigenvalue weighted by Gasteiger charge is 2.42. The average Bonchev–Trinajstić information content (AvgIpc) is 3.77.